The number of piperidine rings is 1. The summed E-state index contributed by atoms with van der Waals surface area (Å²) in [6.07, 6.45) is -3.99. The van der Waals surface area contributed by atoms with Crippen LogP contribution >= 0.6 is 0 Å². The van der Waals surface area contributed by atoms with Gasteiger partial charge in [0.1, 0.15) is 5.69 Å². The van der Waals surface area contributed by atoms with Crippen molar-refractivity contribution < 1.29 is 22.9 Å². The minimum absolute atomic E-state index is 0.0432. The van der Waals surface area contributed by atoms with Gasteiger partial charge in [0.2, 0.25) is 0 Å². The number of nitro benzene ring substituents is 1. The fraction of sp³-hybridized carbons (Fsp3) is 0.500. The molecular weight excluding hydrogens is 315 g/mol. The van der Waals surface area contributed by atoms with Crippen LogP contribution in [0.15, 0.2) is 24.3 Å². The van der Waals surface area contributed by atoms with Gasteiger partial charge in [0.15, 0.2) is 0 Å². The number of carbonyl (C=O) groups excluding carboxylic acids is 1. The highest BCUT2D eigenvalue weighted by Crippen LogP contribution is 2.26. The number of para-hydroxylation sites is 2. The molecule has 126 valence electrons. The Morgan fingerprint density at radius 1 is 1.30 bits per heavy atom. The van der Waals surface area contributed by atoms with E-state index in [1.54, 1.807) is 18.2 Å². The van der Waals surface area contributed by atoms with Crippen LogP contribution in [0.3, 0.4) is 0 Å². The molecule has 1 saturated heterocycles. The van der Waals surface area contributed by atoms with Gasteiger partial charge in [0.25, 0.3) is 5.69 Å². The number of rotatable bonds is 4. The van der Waals surface area contributed by atoms with Crippen molar-refractivity contribution in [3.05, 3.63) is 34.4 Å². The monoisotopic (exact) mass is 331 g/mol. The number of alkyl halides is 3. The molecule has 0 radical (unpaired) electrons. The molecule has 1 heterocycles. The molecular formula is C14H16F3N3O3. The minimum atomic E-state index is -4.84. The predicted molar refractivity (Wildman–Crippen MR) is 76.9 cm³/mol. The van der Waals surface area contributed by atoms with Crippen LogP contribution in [0.4, 0.5) is 24.5 Å². The van der Waals surface area contributed by atoms with Crippen LogP contribution in [0, 0.1) is 16.0 Å². The fourth-order valence-corrected chi connectivity index (χ4v) is 2.56. The number of likely N-dealkylation sites (tertiary alicyclic amines) is 1. The van der Waals surface area contributed by atoms with Crippen molar-refractivity contribution in [2.75, 3.05) is 25.0 Å². The predicted octanol–water partition coefficient (Wildman–Crippen LogP) is 2.81. The Hall–Kier alpha value is -2.32. The number of halogens is 3. The van der Waals surface area contributed by atoms with E-state index >= 15 is 0 Å². The summed E-state index contributed by atoms with van der Waals surface area (Å²) in [5.74, 6) is -1.74. The van der Waals surface area contributed by atoms with Gasteiger partial charge >= 0.3 is 12.1 Å². The van der Waals surface area contributed by atoms with Crippen molar-refractivity contribution in [1.82, 2.24) is 4.90 Å². The van der Waals surface area contributed by atoms with E-state index in [9.17, 15) is 28.1 Å². The van der Waals surface area contributed by atoms with Crippen LogP contribution in [0.5, 0.6) is 0 Å². The quantitative estimate of drug-likeness (QED) is 0.680. The number of nitro groups is 1. The summed E-state index contributed by atoms with van der Waals surface area (Å²) in [4.78, 5) is 22.3. The molecule has 1 fully saturated rings. The number of nitrogens with zero attached hydrogens (tertiary/aromatic N) is 2. The van der Waals surface area contributed by atoms with E-state index in [2.05, 4.69) is 5.32 Å². The SMILES string of the molecule is O=C(N1CCC(CNc2ccccc2[N+](=O)[O-])CC1)C(F)(F)F. The third-order valence-corrected chi connectivity index (χ3v) is 3.83. The summed E-state index contributed by atoms with van der Waals surface area (Å²) in [6, 6.07) is 6.19. The van der Waals surface area contributed by atoms with E-state index in [4.69, 9.17) is 0 Å². The van der Waals surface area contributed by atoms with E-state index in [1.165, 1.54) is 6.07 Å². The van der Waals surface area contributed by atoms with Crippen molar-refractivity contribution in [3.63, 3.8) is 0 Å². The molecule has 0 atom stereocenters. The molecule has 1 amide bonds. The van der Waals surface area contributed by atoms with E-state index < -0.39 is 17.0 Å². The van der Waals surface area contributed by atoms with Crippen LogP contribution in [0.1, 0.15) is 12.8 Å². The van der Waals surface area contributed by atoms with E-state index in [1.807, 2.05) is 0 Å². The molecule has 9 heteroatoms. The smallest absolute Gasteiger partial charge is 0.379 e. The number of hydrogen-bond acceptors (Lipinski definition) is 4. The van der Waals surface area contributed by atoms with E-state index in [0.717, 1.165) is 4.90 Å². The first-order chi connectivity index (χ1) is 10.8. The number of anilines is 1. The molecule has 0 unspecified atom stereocenters. The average molecular weight is 331 g/mol. The number of hydrogen-bond donors (Lipinski definition) is 1. The number of benzene rings is 1. The topological polar surface area (TPSA) is 75.5 Å². The summed E-state index contributed by atoms with van der Waals surface area (Å²) in [5.41, 5.74) is 0.337. The van der Waals surface area contributed by atoms with Crippen molar-refractivity contribution >= 4 is 17.3 Å². The van der Waals surface area contributed by atoms with Gasteiger partial charge in [0, 0.05) is 25.7 Å². The Morgan fingerprint density at radius 3 is 2.48 bits per heavy atom. The molecule has 6 nitrogen and oxygen atoms in total. The third-order valence-electron chi connectivity index (χ3n) is 3.83. The molecule has 1 aromatic carbocycles. The minimum Gasteiger partial charge on any atom is -0.379 e. The maximum atomic E-state index is 12.4. The maximum absolute atomic E-state index is 12.4. The lowest BCUT2D eigenvalue weighted by atomic mass is 9.96. The van der Waals surface area contributed by atoms with Gasteiger partial charge in [-0.15, -0.1) is 0 Å². The van der Waals surface area contributed by atoms with Gasteiger partial charge in [-0.05, 0) is 24.8 Å². The number of amides is 1. The third kappa shape index (κ3) is 4.33. The zero-order valence-electron chi connectivity index (χ0n) is 12.2. The Balaban J connectivity index is 1.86. The molecule has 0 spiro atoms. The summed E-state index contributed by atoms with van der Waals surface area (Å²) in [7, 11) is 0. The summed E-state index contributed by atoms with van der Waals surface area (Å²) < 4.78 is 37.1. The van der Waals surface area contributed by atoms with Crippen molar-refractivity contribution in [2.24, 2.45) is 5.92 Å². The number of carbonyl (C=O) groups is 1. The Labute approximate surface area is 130 Å². The fourth-order valence-electron chi connectivity index (χ4n) is 2.56. The molecule has 0 aromatic heterocycles. The first-order valence-electron chi connectivity index (χ1n) is 7.12. The lowest BCUT2D eigenvalue weighted by Crippen LogP contribution is -2.46. The van der Waals surface area contributed by atoms with Gasteiger partial charge < -0.3 is 10.2 Å². The Morgan fingerprint density at radius 2 is 1.91 bits per heavy atom. The first-order valence-corrected chi connectivity index (χ1v) is 7.12. The molecule has 1 N–H and O–H groups in total. The molecule has 0 bridgehead atoms. The summed E-state index contributed by atoms with van der Waals surface area (Å²) in [5, 5.41) is 13.9. The normalized spacial score (nSPS) is 16.2. The van der Waals surface area contributed by atoms with Crippen LogP contribution in [0.25, 0.3) is 0 Å². The molecule has 1 aliphatic heterocycles. The maximum Gasteiger partial charge on any atom is 0.471 e. The molecule has 1 aliphatic rings. The Bertz CT molecular complexity index is 584. The van der Waals surface area contributed by atoms with Gasteiger partial charge in [-0.2, -0.15) is 13.2 Å². The van der Waals surface area contributed by atoms with Crippen molar-refractivity contribution in [2.45, 2.75) is 19.0 Å². The van der Waals surface area contributed by atoms with E-state index in [-0.39, 0.29) is 24.7 Å². The molecule has 0 saturated carbocycles. The van der Waals surface area contributed by atoms with Gasteiger partial charge in [-0.3, -0.25) is 14.9 Å². The lowest BCUT2D eigenvalue weighted by Gasteiger charge is -2.32. The van der Waals surface area contributed by atoms with Crippen molar-refractivity contribution in [3.8, 4) is 0 Å². The van der Waals surface area contributed by atoms with Crippen molar-refractivity contribution in [1.29, 1.82) is 0 Å². The highest BCUT2D eigenvalue weighted by atomic mass is 19.4. The first kappa shape index (κ1) is 17.0. The van der Waals surface area contributed by atoms with Crippen LogP contribution in [0.2, 0.25) is 0 Å². The van der Waals surface area contributed by atoms with Gasteiger partial charge in [-0.1, -0.05) is 12.1 Å². The largest absolute Gasteiger partial charge is 0.471 e. The standard InChI is InChI=1S/C14H16F3N3O3/c15-14(16,17)13(21)19-7-5-10(6-8-19)9-18-11-3-1-2-4-12(11)20(22)23/h1-4,10,18H,5-9H2. The highest BCUT2D eigenvalue weighted by Gasteiger charge is 2.43. The number of nitrogens with one attached hydrogen (secondary N) is 1. The lowest BCUT2D eigenvalue weighted by molar-refractivity contribution is -0.384. The zero-order valence-corrected chi connectivity index (χ0v) is 12.2. The van der Waals surface area contributed by atoms with Crippen LogP contribution in [-0.4, -0.2) is 41.5 Å². The van der Waals surface area contributed by atoms with Gasteiger partial charge in [0.05, 0.1) is 4.92 Å². The molecule has 23 heavy (non-hydrogen) atoms. The van der Waals surface area contributed by atoms with E-state index in [0.29, 0.717) is 25.1 Å². The van der Waals surface area contributed by atoms with Crippen LogP contribution in [-0.2, 0) is 4.79 Å². The summed E-state index contributed by atoms with van der Waals surface area (Å²) >= 11 is 0. The second kappa shape index (κ2) is 6.84. The molecule has 0 aliphatic carbocycles. The molecule has 2 rings (SSSR count). The Kier molecular flexibility index (Phi) is 5.07. The zero-order chi connectivity index (χ0) is 17.0. The second-order valence-electron chi connectivity index (χ2n) is 5.39. The average Bonchev–Trinajstić information content (AvgIpc) is 2.52. The van der Waals surface area contributed by atoms with Crippen LogP contribution < -0.4 is 5.32 Å². The van der Waals surface area contributed by atoms with Gasteiger partial charge in [-0.25, -0.2) is 0 Å². The summed E-state index contributed by atoms with van der Waals surface area (Å²) in [6.45, 7) is 0.502. The molecule has 1 aromatic rings. The second-order valence-corrected chi connectivity index (χ2v) is 5.39. The highest BCUT2D eigenvalue weighted by molar-refractivity contribution is 5.81.